The first-order chi connectivity index (χ1) is 5.00. The van der Waals surface area contributed by atoms with Gasteiger partial charge in [0.25, 0.3) is 0 Å². The van der Waals surface area contributed by atoms with E-state index in [4.69, 9.17) is 0 Å². The Hall–Kier alpha value is -0.210. The van der Waals surface area contributed by atoms with Gasteiger partial charge in [-0.3, -0.25) is 0 Å². The summed E-state index contributed by atoms with van der Waals surface area (Å²) in [6.45, 7) is 0. The first-order valence-corrected chi connectivity index (χ1v) is 4.12. The third kappa shape index (κ3) is 3.03. The maximum absolute atomic E-state index is 12.2. The highest BCUT2D eigenvalue weighted by Crippen LogP contribution is 2.07. The van der Waals surface area contributed by atoms with Gasteiger partial charge in [-0.05, 0) is 24.3 Å². The maximum atomic E-state index is 12.2. The second-order valence-corrected chi connectivity index (χ2v) is 3.29. The van der Waals surface area contributed by atoms with Gasteiger partial charge in [0.05, 0.1) is 4.90 Å². The van der Waals surface area contributed by atoms with Crippen LogP contribution in [0.25, 0.3) is 0 Å². The topological polar surface area (TPSA) is 57.2 Å². The molecule has 0 amide bonds. The van der Waals surface area contributed by atoms with Crippen LogP contribution in [0.2, 0.25) is 0 Å². The molecule has 0 fully saturated rings. The second-order valence-electron chi connectivity index (χ2n) is 1.91. The third-order valence-electron chi connectivity index (χ3n) is 1.10. The van der Waals surface area contributed by atoms with E-state index in [9.17, 15) is 17.4 Å². The quantitative estimate of drug-likeness (QED) is 0.416. The van der Waals surface area contributed by atoms with Crippen molar-refractivity contribution >= 4 is 10.1 Å². The Morgan fingerprint density at radius 2 is 1.58 bits per heavy atom. The minimum atomic E-state index is -4.44. The zero-order valence-corrected chi connectivity index (χ0v) is 9.14. The van der Waals surface area contributed by atoms with Crippen molar-refractivity contribution in [2.75, 3.05) is 0 Å². The van der Waals surface area contributed by atoms with Gasteiger partial charge in [0.2, 0.25) is 24.0 Å². The van der Waals surface area contributed by atoms with E-state index in [-0.39, 0.29) is 24.0 Å². The van der Waals surface area contributed by atoms with Gasteiger partial charge >= 0.3 is 0 Å². The molecule has 0 aliphatic rings. The molecule has 1 aromatic rings. The molecule has 6 heteroatoms. The molecule has 0 saturated carbocycles. The first-order valence-electron chi connectivity index (χ1n) is 2.71. The third-order valence-corrected chi connectivity index (χ3v) is 1.95. The molecule has 0 aliphatic carbocycles. The average Bonchev–Trinajstić information content (AvgIpc) is 1.86. The molecule has 0 aromatic heterocycles. The monoisotopic (exact) mass is 304 g/mol. The van der Waals surface area contributed by atoms with Crippen LogP contribution in [0.4, 0.5) is 4.39 Å². The number of hydrogen-bond acceptors (Lipinski definition) is 3. The summed E-state index contributed by atoms with van der Waals surface area (Å²) in [7, 11) is -4.44. The number of hydrogen-bond donors (Lipinski definition) is 0. The normalized spacial score (nSPS) is 10.5. The largest absolute Gasteiger partial charge is 0.744 e. The van der Waals surface area contributed by atoms with Crippen LogP contribution in [0.15, 0.2) is 29.2 Å². The summed E-state index contributed by atoms with van der Waals surface area (Å²) in [6, 6.07) is 3.70. The van der Waals surface area contributed by atoms with Gasteiger partial charge in [-0.1, -0.05) is 0 Å². The molecule has 0 aliphatic heterocycles. The standard InChI is InChI=1S/C6H5FO3S.H2I/c7-5-1-3-6(4-2-5)11(8,9)10;/h1-4H,(H,8,9,10);1H2/q;+1/p-1. The smallest absolute Gasteiger partial charge is 0.235 e. The van der Waals surface area contributed by atoms with Crippen LogP contribution in [0.5, 0.6) is 0 Å². The number of halogens is 2. The summed E-state index contributed by atoms with van der Waals surface area (Å²) in [6.07, 6.45) is 0. The van der Waals surface area contributed by atoms with Crippen molar-refractivity contribution in [3.8, 4) is 0 Å². The fourth-order valence-electron chi connectivity index (χ4n) is 0.601. The Balaban J connectivity index is 0.00000121. The van der Waals surface area contributed by atoms with Crippen molar-refractivity contribution in [2.45, 2.75) is 4.90 Å². The Kier molecular flexibility index (Phi) is 4.08. The van der Waals surface area contributed by atoms with Crippen molar-refractivity contribution in [1.82, 2.24) is 0 Å². The van der Waals surface area contributed by atoms with E-state index in [2.05, 4.69) is 0 Å². The van der Waals surface area contributed by atoms with Gasteiger partial charge in [0.1, 0.15) is 15.9 Å². The van der Waals surface area contributed by atoms with Gasteiger partial charge in [-0.25, -0.2) is 12.8 Å². The van der Waals surface area contributed by atoms with Crippen LogP contribution in [0, 0.1) is 5.82 Å². The molecule has 12 heavy (non-hydrogen) atoms. The molecule has 3 nitrogen and oxygen atoms in total. The van der Waals surface area contributed by atoms with Gasteiger partial charge in [-0.2, -0.15) is 0 Å². The van der Waals surface area contributed by atoms with E-state index in [1.54, 1.807) is 0 Å². The Morgan fingerprint density at radius 3 is 1.92 bits per heavy atom. The Labute approximate surface area is 86.4 Å². The molecule has 0 radical (unpaired) electrons. The maximum Gasteiger partial charge on any atom is 0.235 e. The van der Waals surface area contributed by atoms with Crippen molar-refractivity contribution < 1.29 is 41.3 Å². The second kappa shape index (κ2) is 4.15. The fraction of sp³-hybridized carbons (Fsp3) is 0. The predicted molar refractivity (Wildman–Crippen MR) is 37.2 cm³/mol. The molecule has 0 spiro atoms. The molecule has 1 aromatic carbocycles. The van der Waals surface area contributed by atoms with E-state index in [0.717, 1.165) is 24.3 Å². The highest BCUT2D eigenvalue weighted by atomic mass is 127. The number of rotatable bonds is 1. The zero-order chi connectivity index (χ0) is 8.48. The van der Waals surface area contributed by atoms with Crippen molar-refractivity contribution in [3.05, 3.63) is 30.1 Å². The van der Waals surface area contributed by atoms with Crippen LogP contribution in [-0.4, -0.2) is 13.0 Å². The molecule has 68 valence electrons. The highest BCUT2D eigenvalue weighted by Gasteiger charge is 1.99. The zero-order valence-electron chi connectivity index (χ0n) is 5.77. The van der Waals surface area contributed by atoms with E-state index in [0.29, 0.717) is 0 Å². The van der Waals surface area contributed by atoms with Gasteiger partial charge in [0.15, 0.2) is 0 Å². The summed E-state index contributed by atoms with van der Waals surface area (Å²) in [5, 5.41) is 0. The van der Waals surface area contributed by atoms with Crippen LogP contribution in [-0.2, 0) is 10.1 Å². The molecular formula is C6H6FIO3S. The molecule has 0 heterocycles. The van der Waals surface area contributed by atoms with Crippen molar-refractivity contribution in [2.24, 2.45) is 0 Å². The fourth-order valence-corrected chi connectivity index (χ4v) is 1.07. The highest BCUT2D eigenvalue weighted by molar-refractivity contribution is 7.85. The van der Waals surface area contributed by atoms with E-state index in [1.165, 1.54) is 0 Å². The van der Waals surface area contributed by atoms with Crippen LogP contribution < -0.4 is 24.0 Å². The lowest BCUT2D eigenvalue weighted by molar-refractivity contribution is -0.00000720. The van der Waals surface area contributed by atoms with Crippen molar-refractivity contribution in [3.63, 3.8) is 0 Å². The molecule has 0 N–H and O–H groups in total. The first kappa shape index (κ1) is 11.8. The van der Waals surface area contributed by atoms with Gasteiger partial charge in [0, 0.05) is 0 Å². The summed E-state index contributed by atoms with van der Waals surface area (Å²) in [5.74, 6) is -0.572. The summed E-state index contributed by atoms with van der Waals surface area (Å²) in [4.78, 5) is -0.418. The van der Waals surface area contributed by atoms with Gasteiger partial charge in [-0.15, -0.1) is 0 Å². The average molecular weight is 304 g/mol. The molecule has 0 bridgehead atoms. The van der Waals surface area contributed by atoms with Crippen molar-refractivity contribution in [1.29, 1.82) is 0 Å². The minimum absolute atomic E-state index is 0. The summed E-state index contributed by atoms with van der Waals surface area (Å²) in [5.41, 5.74) is 0. The van der Waals surface area contributed by atoms with Crippen LogP contribution in [0.3, 0.4) is 0 Å². The lowest BCUT2D eigenvalue weighted by atomic mass is 10.4. The minimum Gasteiger partial charge on any atom is -0.744 e. The van der Waals surface area contributed by atoms with Crippen LogP contribution >= 0.6 is 0 Å². The Morgan fingerprint density at radius 1 is 1.17 bits per heavy atom. The van der Waals surface area contributed by atoms with E-state index in [1.807, 2.05) is 0 Å². The molecule has 0 unspecified atom stereocenters. The molecule has 0 saturated heterocycles. The summed E-state index contributed by atoms with van der Waals surface area (Å²) < 4.78 is 43.0. The molecule has 1 rings (SSSR count). The SMILES string of the molecule is O=S(=O)([O-])c1ccc(F)cc1.[IH2+]. The predicted octanol–water partition coefficient (Wildman–Crippen LogP) is -2.80. The molecule has 0 atom stereocenters. The van der Waals surface area contributed by atoms with E-state index >= 15 is 0 Å². The number of benzene rings is 1. The lowest BCUT2D eigenvalue weighted by Gasteiger charge is -2.04. The van der Waals surface area contributed by atoms with E-state index < -0.39 is 20.8 Å². The lowest BCUT2D eigenvalue weighted by Crippen LogP contribution is -3.00. The molecular weight excluding hydrogens is 298 g/mol. The Bertz CT molecular complexity index is 346. The summed E-state index contributed by atoms with van der Waals surface area (Å²) >= 11 is 0. The van der Waals surface area contributed by atoms with Crippen LogP contribution in [0.1, 0.15) is 0 Å². The van der Waals surface area contributed by atoms with Gasteiger partial charge < -0.3 is 4.55 Å².